The van der Waals surface area contributed by atoms with Crippen molar-refractivity contribution in [3.63, 3.8) is 0 Å². The first-order valence-electron chi connectivity index (χ1n) is 5.61. The van der Waals surface area contributed by atoms with Crippen LogP contribution in [-0.2, 0) is 13.1 Å². The van der Waals surface area contributed by atoms with E-state index >= 15 is 0 Å². The number of carbonyl (C=O) groups is 1. The number of benzene rings is 1. The lowest BCUT2D eigenvalue weighted by Crippen LogP contribution is -2.23. The van der Waals surface area contributed by atoms with E-state index in [1.54, 1.807) is 30.7 Å². The van der Waals surface area contributed by atoms with Crippen LogP contribution in [0, 0.1) is 0 Å². The third-order valence-electron chi connectivity index (χ3n) is 2.50. The van der Waals surface area contributed by atoms with Crippen molar-refractivity contribution < 1.29 is 4.79 Å². The molecule has 0 bridgehead atoms. The number of hydrogen-bond acceptors (Lipinski definition) is 4. The van der Waals surface area contributed by atoms with Gasteiger partial charge in [0.25, 0.3) is 5.91 Å². The van der Waals surface area contributed by atoms with Crippen molar-refractivity contribution in [2.45, 2.75) is 13.1 Å². The predicted molar refractivity (Wildman–Crippen MR) is 67.5 cm³/mol. The highest BCUT2D eigenvalue weighted by Gasteiger charge is 2.05. The summed E-state index contributed by atoms with van der Waals surface area (Å²) in [6.07, 6.45) is 4.81. The lowest BCUT2D eigenvalue weighted by Gasteiger charge is -2.05. The van der Waals surface area contributed by atoms with Gasteiger partial charge in [-0.25, -0.2) is 0 Å². The summed E-state index contributed by atoms with van der Waals surface area (Å²) in [6, 6.07) is 7.21. The molecule has 0 saturated heterocycles. The second kappa shape index (κ2) is 5.88. The Hall–Kier alpha value is -2.27. The number of rotatable bonds is 4. The maximum atomic E-state index is 11.8. The van der Waals surface area contributed by atoms with Crippen LogP contribution in [0.2, 0.25) is 0 Å². The van der Waals surface area contributed by atoms with Crippen molar-refractivity contribution in [3.8, 4) is 0 Å². The van der Waals surface area contributed by atoms with E-state index in [2.05, 4.69) is 15.3 Å². The van der Waals surface area contributed by atoms with E-state index in [4.69, 9.17) is 5.73 Å². The molecular formula is C13H14N4O. The summed E-state index contributed by atoms with van der Waals surface area (Å²) >= 11 is 0. The summed E-state index contributed by atoms with van der Waals surface area (Å²) < 4.78 is 0. The van der Waals surface area contributed by atoms with Gasteiger partial charge in [0, 0.05) is 24.5 Å². The molecular weight excluding hydrogens is 228 g/mol. The van der Waals surface area contributed by atoms with Crippen LogP contribution in [0.15, 0.2) is 42.9 Å². The standard InChI is InChI=1S/C13H14N4O/c14-7-10-1-3-11(4-2-10)13(18)17-9-12-8-15-5-6-16-12/h1-6,8H,7,9,14H2,(H,17,18). The Bertz CT molecular complexity index is 510. The number of carbonyl (C=O) groups excluding carboxylic acids is 1. The van der Waals surface area contributed by atoms with Gasteiger partial charge in [0.2, 0.25) is 0 Å². The monoisotopic (exact) mass is 242 g/mol. The molecule has 0 atom stereocenters. The molecule has 0 aliphatic heterocycles. The molecule has 0 aliphatic rings. The molecule has 3 N–H and O–H groups in total. The molecule has 1 aromatic heterocycles. The number of nitrogens with zero attached hydrogens (tertiary/aromatic N) is 2. The van der Waals surface area contributed by atoms with Crippen molar-refractivity contribution in [1.29, 1.82) is 0 Å². The molecule has 5 nitrogen and oxygen atoms in total. The van der Waals surface area contributed by atoms with Gasteiger partial charge in [-0.05, 0) is 17.7 Å². The minimum atomic E-state index is -0.135. The largest absolute Gasteiger partial charge is 0.346 e. The summed E-state index contributed by atoms with van der Waals surface area (Å²) in [5, 5.41) is 2.78. The molecule has 1 amide bonds. The average molecular weight is 242 g/mol. The van der Waals surface area contributed by atoms with Gasteiger partial charge in [0.15, 0.2) is 0 Å². The highest BCUT2D eigenvalue weighted by Crippen LogP contribution is 2.04. The van der Waals surface area contributed by atoms with Crippen LogP contribution in [0.5, 0.6) is 0 Å². The molecule has 2 rings (SSSR count). The SMILES string of the molecule is NCc1ccc(C(=O)NCc2cnccn2)cc1. The van der Waals surface area contributed by atoms with Gasteiger partial charge >= 0.3 is 0 Å². The van der Waals surface area contributed by atoms with E-state index in [1.807, 2.05) is 12.1 Å². The molecule has 0 unspecified atom stereocenters. The summed E-state index contributed by atoms with van der Waals surface area (Å²) in [5.74, 6) is -0.135. The number of nitrogens with one attached hydrogen (secondary N) is 1. The van der Waals surface area contributed by atoms with Gasteiger partial charge in [0.05, 0.1) is 18.4 Å². The number of amides is 1. The topological polar surface area (TPSA) is 80.9 Å². The first-order chi connectivity index (χ1) is 8.79. The van der Waals surface area contributed by atoms with Crippen LogP contribution in [0.25, 0.3) is 0 Å². The third-order valence-corrected chi connectivity index (χ3v) is 2.50. The summed E-state index contributed by atoms with van der Waals surface area (Å²) in [7, 11) is 0. The van der Waals surface area contributed by atoms with Crippen LogP contribution >= 0.6 is 0 Å². The first-order valence-corrected chi connectivity index (χ1v) is 5.61. The Kier molecular flexibility index (Phi) is 3.98. The molecule has 0 saturated carbocycles. The molecule has 0 aliphatic carbocycles. The second-order valence-corrected chi connectivity index (χ2v) is 3.78. The van der Waals surface area contributed by atoms with Crippen molar-refractivity contribution in [2.75, 3.05) is 0 Å². The molecule has 18 heavy (non-hydrogen) atoms. The van der Waals surface area contributed by atoms with E-state index in [-0.39, 0.29) is 5.91 Å². The zero-order valence-electron chi connectivity index (χ0n) is 9.84. The predicted octanol–water partition coefficient (Wildman–Crippen LogP) is 0.865. The number of nitrogens with two attached hydrogens (primary N) is 1. The normalized spacial score (nSPS) is 10.1. The third kappa shape index (κ3) is 3.11. The minimum absolute atomic E-state index is 0.135. The van der Waals surface area contributed by atoms with Crippen LogP contribution in [-0.4, -0.2) is 15.9 Å². The van der Waals surface area contributed by atoms with E-state index in [1.165, 1.54) is 0 Å². The Labute approximate surface area is 105 Å². The molecule has 92 valence electrons. The lowest BCUT2D eigenvalue weighted by atomic mass is 10.1. The fraction of sp³-hybridized carbons (Fsp3) is 0.154. The highest BCUT2D eigenvalue weighted by molar-refractivity contribution is 5.94. The zero-order valence-corrected chi connectivity index (χ0v) is 9.84. The Balaban J connectivity index is 1.95. The van der Waals surface area contributed by atoms with E-state index < -0.39 is 0 Å². The maximum absolute atomic E-state index is 11.8. The Morgan fingerprint density at radius 1 is 1.22 bits per heavy atom. The fourth-order valence-electron chi connectivity index (χ4n) is 1.49. The number of hydrogen-bond donors (Lipinski definition) is 2. The fourth-order valence-corrected chi connectivity index (χ4v) is 1.49. The van der Waals surface area contributed by atoms with Gasteiger partial charge in [-0.2, -0.15) is 0 Å². The molecule has 2 aromatic rings. The van der Waals surface area contributed by atoms with E-state index in [9.17, 15) is 4.79 Å². The lowest BCUT2D eigenvalue weighted by molar-refractivity contribution is 0.0950. The minimum Gasteiger partial charge on any atom is -0.346 e. The first kappa shape index (κ1) is 12.2. The molecule has 0 spiro atoms. The Morgan fingerprint density at radius 2 is 2.00 bits per heavy atom. The van der Waals surface area contributed by atoms with Crippen LogP contribution < -0.4 is 11.1 Å². The zero-order chi connectivity index (χ0) is 12.8. The van der Waals surface area contributed by atoms with Crippen molar-refractivity contribution >= 4 is 5.91 Å². The summed E-state index contributed by atoms with van der Waals surface area (Å²) in [4.78, 5) is 19.8. The van der Waals surface area contributed by atoms with Gasteiger partial charge in [0.1, 0.15) is 0 Å². The van der Waals surface area contributed by atoms with Gasteiger partial charge in [-0.15, -0.1) is 0 Å². The van der Waals surface area contributed by atoms with E-state index in [0.717, 1.165) is 11.3 Å². The quantitative estimate of drug-likeness (QED) is 0.833. The second-order valence-electron chi connectivity index (χ2n) is 3.78. The number of aromatic nitrogens is 2. The van der Waals surface area contributed by atoms with Gasteiger partial charge in [-0.3, -0.25) is 14.8 Å². The highest BCUT2D eigenvalue weighted by atomic mass is 16.1. The average Bonchev–Trinajstić information content (AvgIpc) is 2.46. The van der Waals surface area contributed by atoms with Crippen LogP contribution in [0.4, 0.5) is 0 Å². The maximum Gasteiger partial charge on any atom is 0.251 e. The summed E-state index contributed by atoms with van der Waals surface area (Å²) in [5.41, 5.74) is 7.83. The molecule has 1 aromatic carbocycles. The van der Waals surface area contributed by atoms with E-state index in [0.29, 0.717) is 18.7 Å². The molecule has 0 fully saturated rings. The molecule has 0 radical (unpaired) electrons. The van der Waals surface area contributed by atoms with Gasteiger partial charge in [-0.1, -0.05) is 12.1 Å². The van der Waals surface area contributed by atoms with Crippen molar-refractivity contribution in [3.05, 3.63) is 59.7 Å². The van der Waals surface area contributed by atoms with Gasteiger partial charge < -0.3 is 11.1 Å². The van der Waals surface area contributed by atoms with Crippen LogP contribution in [0.3, 0.4) is 0 Å². The molecule has 5 heteroatoms. The molecule has 1 heterocycles. The smallest absolute Gasteiger partial charge is 0.251 e. The Morgan fingerprint density at radius 3 is 2.61 bits per heavy atom. The van der Waals surface area contributed by atoms with Crippen molar-refractivity contribution in [1.82, 2.24) is 15.3 Å². The van der Waals surface area contributed by atoms with Crippen LogP contribution in [0.1, 0.15) is 21.6 Å². The summed E-state index contributed by atoms with van der Waals surface area (Å²) in [6.45, 7) is 0.840. The van der Waals surface area contributed by atoms with Crippen molar-refractivity contribution in [2.24, 2.45) is 5.73 Å².